The van der Waals surface area contributed by atoms with E-state index in [1.54, 1.807) is 30.1 Å². The number of aryl methyl sites for hydroxylation is 1. The molecule has 0 bridgehead atoms. The largest absolute Gasteiger partial charge is 0.416 e. The number of hydrogen-bond donors (Lipinski definition) is 3. The van der Waals surface area contributed by atoms with Crippen molar-refractivity contribution in [1.82, 2.24) is 19.7 Å². The Balaban J connectivity index is 1.29. The molecule has 0 unspecified atom stereocenters. The molecule has 5 rings (SSSR count). The zero-order valence-electron chi connectivity index (χ0n) is 21.7. The normalized spacial score (nSPS) is 15.0. The van der Waals surface area contributed by atoms with Crippen molar-refractivity contribution in [3.63, 3.8) is 0 Å². The average Bonchev–Trinajstić information content (AvgIpc) is 3.24. The van der Waals surface area contributed by atoms with E-state index in [9.17, 15) is 18.0 Å². The molecular formula is C28H30F3N7O. The van der Waals surface area contributed by atoms with Gasteiger partial charge in [0.1, 0.15) is 5.82 Å². The van der Waals surface area contributed by atoms with Crippen molar-refractivity contribution in [2.45, 2.75) is 25.4 Å². The monoisotopic (exact) mass is 537 g/mol. The van der Waals surface area contributed by atoms with Gasteiger partial charge in [-0.2, -0.15) is 18.3 Å². The number of carbonyl (C=O) groups is 1. The van der Waals surface area contributed by atoms with E-state index in [4.69, 9.17) is 5.73 Å². The number of piperidine rings is 1. The fraction of sp³-hybridized carbons (Fsp3) is 0.321. The molecule has 11 heteroatoms. The Morgan fingerprint density at radius 3 is 2.54 bits per heavy atom. The molecule has 0 radical (unpaired) electrons. The lowest BCUT2D eigenvalue weighted by atomic mass is 9.88. The van der Waals surface area contributed by atoms with Gasteiger partial charge in [-0.05, 0) is 80.5 Å². The highest BCUT2D eigenvalue weighted by atomic mass is 19.4. The van der Waals surface area contributed by atoms with Crippen LogP contribution in [-0.2, 0) is 19.6 Å². The van der Waals surface area contributed by atoms with E-state index in [2.05, 4.69) is 25.6 Å². The number of amides is 2. The third-order valence-corrected chi connectivity index (χ3v) is 7.18. The Hall–Kier alpha value is -4.12. The van der Waals surface area contributed by atoms with Gasteiger partial charge >= 0.3 is 12.2 Å². The molecule has 0 saturated carbocycles. The van der Waals surface area contributed by atoms with Crippen molar-refractivity contribution >= 4 is 34.1 Å². The number of nitrogen functional groups attached to an aromatic ring is 1. The van der Waals surface area contributed by atoms with Crippen LogP contribution in [0.15, 0.2) is 54.7 Å². The first-order chi connectivity index (χ1) is 18.5. The van der Waals surface area contributed by atoms with Crippen LogP contribution in [0.25, 0.3) is 22.0 Å². The minimum Gasteiger partial charge on any atom is -0.384 e. The van der Waals surface area contributed by atoms with Gasteiger partial charge in [0.15, 0.2) is 5.82 Å². The van der Waals surface area contributed by atoms with Gasteiger partial charge in [-0.1, -0.05) is 18.2 Å². The third-order valence-electron chi connectivity index (χ3n) is 7.18. The van der Waals surface area contributed by atoms with Crippen LogP contribution in [0.1, 0.15) is 24.0 Å². The topological polar surface area (TPSA) is 101 Å². The predicted molar refractivity (Wildman–Crippen MR) is 146 cm³/mol. The van der Waals surface area contributed by atoms with Crippen molar-refractivity contribution < 1.29 is 18.0 Å². The molecule has 1 aliphatic rings. The quantitative estimate of drug-likeness (QED) is 0.300. The van der Waals surface area contributed by atoms with Gasteiger partial charge in [-0.25, -0.2) is 9.78 Å². The summed E-state index contributed by atoms with van der Waals surface area (Å²) in [6.45, 7) is 1.77. The number of likely N-dealkylation sites (tertiary alicyclic amines) is 1. The first kappa shape index (κ1) is 26.5. The first-order valence-electron chi connectivity index (χ1n) is 12.7. The van der Waals surface area contributed by atoms with Crippen LogP contribution in [0, 0.1) is 5.92 Å². The molecule has 39 heavy (non-hydrogen) atoms. The Bertz CT molecular complexity index is 1510. The lowest BCUT2D eigenvalue weighted by molar-refractivity contribution is -0.138. The van der Waals surface area contributed by atoms with Gasteiger partial charge < -0.3 is 16.0 Å². The maximum atomic E-state index is 13.9. The van der Waals surface area contributed by atoms with E-state index in [0.29, 0.717) is 12.2 Å². The average molecular weight is 538 g/mol. The number of carbonyl (C=O) groups excluding carboxylic acids is 1. The van der Waals surface area contributed by atoms with Gasteiger partial charge in [0, 0.05) is 35.9 Å². The number of nitrogens with one attached hydrogen (secondary N) is 2. The summed E-state index contributed by atoms with van der Waals surface area (Å²) in [7, 11) is 3.76. The number of pyridine rings is 1. The molecule has 3 heterocycles. The molecule has 2 aromatic heterocycles. The highest BCUT2D eigenvalue weighted by molar-refractivity contribution is 5.99. The number of alkyl halides is 3. The van der Waals surface area contributed by atoms with E-state index >= 15 is 0 Å². The number of nitrogens with zero attached hydrogens (tertiary/aromatic N) is 4. The van der Waals surface area contributed by atoms with Crippen LogP contribution in [0.3, 0.4) is 0 Å². The molecular weight excluding hydrogens is 507 g/mol. The number of halogens is 3. The maximum Gasteiger partial charge on any atom is 0.416 e. The second kappa shape index (κ2) is 10.6. The highest BCUT2D eigenvalue weighted by Gasteiger charge is 2.34. The number of aromatic nitrogens is 3. The molecule has 4 N–H and O–H groups in total. The Labute approximate surface area is 224 Å². The lowest BCUT2D eigenvalue weighted by Gasteiger charge is -2.29. The standard InChI is InChI=1S/C28H30F3N7O/c1-37-9-7-17(8-10-37)11-19-5-6-22(14-23(19)28(29,30)31)34-27(39)35-26-15-24(38(2)36-26)20-4-3-18-13-25(32)33-16-21(18)12-20/h3-6,12-17H,7-11H2,1-2H3,(H2,32,33)(H2,34,35,36,39). The van der Waals surface area contributed by atoms with E-state index in [0.717, 1.165) is 54.0 Å². The second-order valence-corrected chi connectivity index (χ2v) is 10.1. The third kappa shape index (κ3) is 6.14. The number of rotatable bonds is 5. The van der Waals surface area contributed by atoms with Crippen molar-refractivity contribution in [2.75, 3.05) is 36.5 Å². The number of anilines is 3. The second-order valence-electron chi connectivity index (χ2n) is 10.1. The molecule has 0 aliphatic carbocycles. The molecule has 1 aliphatic heterocycles. The zero-order chi connectivity index (χ0) is 27.7. The van der Waals surface area contributed by atoms with Gasteiger partial charge in [0.05, 0.1) is 11.3 Å². The Kier molecular flexibility index (Phi) is 7.17. The van der Waals surface area contributed by atoms with Crippen LogP contribution in [0.2, 0.25) is 0 Å². The van der Waals surface area contributed by atoms with Crippen molar-refractivity contribution in [3.05, 3.63) is 65.9 Å². The molecule has 204 valence electrons. The minimum atomic E-state index is -4.52. The van der Waals surface area contributed by atoms with Crippen LogP contribution >= 0.6 is 0 Å². The van der Waals surface area contributed by atoms with Crippen LogP contribution < -0.4 is 16.4 Å². The molecule has 8 nitrogen and oxygen atoms in total. The SMILES string of the molecule is CN1CCC(Cc2ccc(NC(=O)Nc3cc(-c4ccc5cc(N)ncc5c4)n(C)n3)cc2C(F)(F)F)CC1. The van der Waals surface area contributed by atoms with Crippen LogP contribution in [0.5, 0.6) is 0 Å². The van der Waals surface area contributed by atoms with E-state index in [1.807, 2.05) is 25.2 Å². The summed E-state index contributed by atoms with van der Waals surface area (Å²) < 4.78 is 43.3. The minimum absolute atomic E-state index is 0.0596. The van der Waals surface area contributed by atoms with E-state index < -0.39 is 17.8 Å². The number of nitrogens with two attached hydrogens (primary N) is 1. The summed E-state index contributed by atoms with van der Waals surface area (Å²) in [6.07, 6.45) is -0.735. The smallest absolute Gasteiger partial charge is 0.384 e. The summed E-state index contributed by atoms with van der Waals surface area (Å²) in [4.78, 5) is 19.0. The van der Waals surface area contributed by atoms with Gasteiger partial charge in [-0.3, -0.25) is 10.00 Å². The summed E-state index contributed by atoms with van der Waals surface area (Å²) in [6, 6.07) is 12.5. The molecule has 0 spiro atoms. The molecule has 1 saturated heterocycles. The first-order valence-corrected chi connectivity index (χ1v) is 12.7. The fourth-order valence-electron chi connectivity index (χ4n) is 5.07. The number of fused-ring (bicyclic) bond motifs is 1. The van der Waals surface area contributed by atoms with Crippen molar-refractivity contribution in [1.29, 1.82) is 0 Å². The molecule has 0 atom stereocenters. The van der Waals surface area contributed by atoms with Gasteiger partial charge in [-0.15, -0.1) is 0 Å². The van der Waals surface area contributed by atoms with Gasteiger partial charge in [0.2, 0.25) is 0 Å². The molecule has 2 amide bonds. The maximum absolute atomic E-state index is 13.9. The summed E-state index contributed by atoms with van der Waals surface area (Å²) >= 11 is 0. The lowest BCUT2D eigenvalue weighted by Crippen LogP contribution is -2.31. The number of benzene rings is 2. The van der Waals surface area contributed by atoms with Crippen LogP contribution in [-0.4, -0.2) is 45.8 Å². The van der Waals surface area contributed by atoms with Crippen molar-refractivity contribution in [2.24, 2.45) is 13.0 Å². The Morgan fingerprint density at radius 2 is 1.79 bits per heavy atom. The van der Waals surface area contributed by atoms with Crippen molar-refractivity contribution in [3.8, 4) is 11.3 Å². The fourth-order valence-corrected chi connectivity index (χ4v) is 5.07. The Morgan fingerprint density at radius 1 is 1.03 bits per heavy atom. The summed E-state index contributed by atoms with van der Waals surface area (Å²) in [5.41, 5.74) is 6.94. The predicted octanol–water partition coefficient (Wildman–Crippen LogP) is 5.76. The molecule has 4 aromatic rings. The number of urea groups is 1. The molecule has 1 fully saturated rings. The van der Waals surface area contributed by atoms with E-state index in [1.165, 1.54) is 12.1 Å². The van der Waals surface area contributed by atoms with Gasteiger partial charge in [0.25, 0.3) is 0 Å². The van der Waals surface area contributed by atoms with Crippen LogP contribution in [0.4, 0.5) is 35.3 Å². The van der Waals surface area contributed by atoms with E-state index in [-0.39, 0.29) is 23.0 Å². The zero-order valence-corrected chi connectivity index (χ0v) is 21.7. The number of hydrogen-bond acceptors (Lipinski definition) is 5. The molecule has 2 aromatic carbocycles. The summed E-state index contributed by atoms with van der Waals surface area (Å²) in [5.74, 6) is 0.901. The summed E-state index contributed by atoms with van der Waals surface area (Å²) in [5, 5.41) is 11.3. The highest BCUT2D eigenvalue weighted by Crippen LogP contribution is 2.36.